The molecule has 0 bridgehead atoms. The van der Waals surface area contributed by atoms with E-state index < -0.39 is 23.7 Å². The number of hydrogen-bond donors (Lipinski definition) is 1. The van der Waals surface area contributed by atoms with E-state index in [-0.39, 0.29) is 30.4 Å². The van der Waals surface area contributed by atoms with Crippen LogP contribution >= 0.6 is 0 Å². The summed E-state index contributed by atoms with van der Waals surface area (Å²) in [5, 5.41) is 9.40. The van der Waals surface area contributed by atoms with Crippen LogP contribution in [0.25, 0.3) is 22.3 Å². The van der Waals surface area contributed by atoms with Gasteiger partial charge in [0.2, 0.25) is 11.8 Å². The number of methoxy groups -OCH3 is 2. The summed E-state index contributed by atoms with van der Waals surface area (Å²) in [7, 11) is 2.77. The molecule has 228 valence electrons. The lowest BCUT2D eigenvalue weighted by molar-refractivity contribution is -0.141. The second-order valence-corrected chi connectivity index (χ2v) is 9.68. The molecule has 13 heteroatoms. The monoisotopic (exact) mass is 610 g/mol. The molecule has 3 heterocycles. The Bertz CT molecular complexity index is 1820. The van der Waals surface area contributed by atoms with Gasteiger partial charge in [-0.1, -0.05) is 18.2 Å². The number of imidazole rings is 1. The topological polar surface area (TPSA) is 109 Å². The number of benzene rings is 2. The van der Waals surface area contributed by atoms with Gasteiger partial charge in [-0.3, -0.25) is 0 Å². The van der Waals surface area contributed by atoms with E-state index in [1.54, 1.807) is 43.5 Å². The summed E-state index contributed by atoms with van der Waals surface area (Å²) in [5.41, 5.74) is 1.79. The van der Waals surface area contributed by atoms with Gasteiger partial charge in [-0.05, 0) is 48.0 Å². The molecule has 0 aliphatic rings. The largest absolute Gasteiger partial charge is 0.481 e. The maximum Gasteiger partial charge on any atom is 0.433 e. The third-order valence-corrected chi connectivity index (χ3v) is 6.81. The summed E-state index contributed by atoms with van der Waals surface area (Å²) >= 11 is 0. The first-order valence-electron chi connectivity index (χ1n) is 13.3. The predicted octanol–water partition coefficient (Wildman–Crippen LogP) is 6.17. The molecule has 9 nitrogen and oxygen atoms in total. The van der Waals surface area contributed by atoms with Crippen molar-refractivity contribution in [3.8, 4) is 23.0 Å². The van der Waals surface area contributed by atoms with E-state index >= 15 is 4.39 Å². The molecule has 0 radical (unpaired) electrons. The van der Waals surface area contributed by atoms with Crippen LogP contribution in [0.15, 0.2) is 66.7 Å². The highest BCUT2D eigenvalue weighted by Crippen LogP contribution is 2.31. The average Bonchev–Trinajstić information content (AvgIpc) is 3.35. The minimum Gasteiger partial charge on any atom is -0.481 e. The van der Waals surface area contributed by atoms with Crippen LogP contribution in [-0.4, -0.2) is 51.4 Å². The minimum atomic E-state index is -4.61. The van der Waals surface area contributed by atoms with Crippen molar-refractivity contribution in [1.82, 2.24) is 19.5 Å². The third kappa shape index (κ3) is 6.62. The molecule has 0 amide bonds. The smallest absolute Gasteiger partial charge is 0.433 e. The lowest BCUT2D eigenvalue weighted by atomic mass is 10.1. The van der Waals surface area contributed by atoms with Gasteiger partial charge >= 0.3 is 12.1 Å². The van der Waals surface area contributed by atoms with Gasteiger partial charge < -0.3 is 23.9 Å². The number of hydrogen-bond acceptors (Lipinski definition) is 7. The Balaban J connectivity index is 1.35. The standard InChI is InChI=1S/C31H26F4N4O5/c1-42-13-12-39-25-15-20(30(40)41)8-10-24(25)36-27(39)16-18-6-7-19(14-22(18)32)23-4-3-5-28(37-23)44-17-21-9-11-26(31(33,34)35)38-29(21)43-2/h3-11,14-15H,12-13,16-17H2,1-2H3,(H,40,41). The predicted molar refractivity (Wildman–Crippen MR) is 151 cm³/mol. The molecule has 0 spiro atoms. The molecule has 1 N–H and O–H groups in total. The van der Waals surface area contributed by atoms with Gasteiger partial charge in [0.05, 0.1) is 41.6 Å². The van der Waals surface area contributed by atoms with Crippen molar-refractivity contribution in [1.29, 1.82) is 0 Å². The summed E-state index contributed by atoms with van der Waals surface area (Å²) in [6.07, 6.45) is -4.47. The normalized spacial score (nSPS) is 11.6. The van der Waals surface area contributed by atoms with Crippen LogP contribution in [-0.2, 0) is 30.5 Å². The molecule has 0 saturated heterocycles. The number of aromatic nitrogens is 4. The molecule has 3 aromatic heterocycles. The summed E-state index contributed by atoms with van der Waals surface area (Å²) in [6.45, 7) is 0.593. The molecule has 44 heavy (non-hydrogen) atoms. The van der Waals surface area contributed by atoms with Crippen molar-refractivity contribution in [3.63, 3.8) is 0 Å². The Morgan fingerprint density at radius 3 is 2.45 bits per heavy atom. The zero-order valence-corrected chi connectivity index (χ0v) is 23.6. The van der Waals surface area contributed by atoms with Crippen LogP contribution < -0.4 is 9.47 Å². The highest BCUT2D eigenvalue weighted by molar-refractivity contribution is 5.92. The van der Waals surface area contributed by atoms with Gasteiger partial charge in [0.1, 0.15) is 23.9 Å². The number of rotatable bonds is 11. The molecule has 2 aromatic carbocycles. The first-order chi connectivity index (χ1) is 21.1. The molecular formula is C31H26F4N4O5. The SMILES string of the molecule is COCCn1c(Cc2ccc(-c3cccc(OCc4ccc(C(F)(F)F)nc4OC)n3)cc2F)nc2ccc(C(=O)O)cc21. The number of halogens is 4. The number of carbonyl (C=O) groups is 1. The quantitative estimate of drug-likeness (QED) is 0.177. The lowest BCUT2D eigenvalue weighted by Crippen LogP contribution is -2.10. The minimum absolute atomic E-state index is 0.118. The van der Waals surface area contributed by atoms with Gasteiger partial charge in [0.25, 0.3) is 0 Å². The fraction of sp³-hybridized carbons (Fsp3) is 0.226. The molecule has 0 fully saturated rings. The molecule has 0 saturated carbocycles. The van der Waals surface area contributed by atoms with Gasteiger partial charge in [0.15, 0.2) is 0 Å². The first-order valence-corrected chi connectivity index (χ1v) is 13.3. The zero-order chi connectivity index (χ0) is 31.4. The number of carboxylic acid groups (broad SMARTS) is 1. The highest BCUT2D eigenvalue weighted by Gasteiger charge is 2.33. The molecule has 5 rings (SSSR count). The number of alkyl halides is 3. The Kier molecular flexibility index (Phi) is 8.76. The molecule has 0 atom stereocenters. The van der Waals surface area contributed by atoms with Crippen LogP contribution in [0, 0.1) is 5.82 Å². The highest BCUT2D eigenvalue weighted by atomic mass is 19.4. The van der Waals surface area contributed by atoms with Crippen LogP contribution in [0.1, 0.15) is 33.0 Å². The summed E-state index contributed by atoms with van der Waals surface area (Å²) in [4.78, 5) is 24.0. The zero-order valence-electron chi connectivity index (χ0n) is 23.6. The van der Waals surface area contributed by atoms with Crippen LogP contribution in [0.4, 0.5) is 17.6 Å². The van der Waals surface area contributed by atoms with Gasteiger partial charge in [0, 0.05) is 31.7 Å². The second-order valence-electron chi connectivity index (χ2n) is 9.68. The van der Waals surface area contributed by atoms with E-state index in [0.717, 1.165) is 6.07 Å². The number of carboxylic acids is 1. The van der Waals surface area contributed by atoms with Crippen molar-refractivity contribution in [3.05, 3.63) is 101 Å². The Hall–Kier alpha value is -5.04. The van der Waals surface area contributed by atoms with Crippen molar-refractivity contribution in [2.75, 3.05) is 20.8 Å². The van der Waals surface area contributed by atoms with Crippen molar-refractivity contribution < 1.29 is 41.7 Å². The van der Waals surface area contributed by atoms with Gasteiger partial charge in [-0.15, -0.1) is 0 Å². The third-order valence-electron chi connectivity index (χ3n) is 6.81. The fourth-order valence-corrected chi connectivity index (χ4v) is 4.61. The summed E-state index contributed by atoms with van der Waals surface area (Å²) in [6, 6.07) is 16.3. The summed E-state index contributed by atoms with van der Waals surface area (Å²) < 4.78 is 72.1. The Labute approximate surface area is 248 Å². The number of aromatic carboxylic acids is 1. The number of nitrogens with zero attached hydrogens (tertiary/aromatic N) is 4. The lowest BCUT2D eigenvalue weighted by Gasteiger charge is -2.13. The van der Waals surface area contributed by atoms with Crippen molar-refractivity contribution >= 4 is 17.0 Å². The van der Waals surface area contributed by atoms with E-state index in [1.807, 2.05) is 4.57 Å². The maximum absolute atomic E-state index is 15.4. The Morgan fingerprint density at radius 1 is 0.955 bits per heavy atom. The van der Waals surface area contributed by atoms with Crippen LogP contribution in [0.5, 0.6) is 11.8 Å². The maximum atomic E-state index is 15.4. The molecule has 0 aliphatic heterocycles. The summed E-state index contributed by atoms with van der Waals surface area (Å²) in [5.74, 6) is -1.05. The van der Waals surface area contributed by atoms with E-state index in [1.165, 1.54) is 31.4 Å². The van der Waals surface area contributed by atoms with E-state index in [0.29, 0.717) is 52.4 Å². The number of ether oxygens (including phenoxy) is 3. The van der Waals surface area contributed by atoms with E-state index in [4.69, 9.17) is 14.2 Å². The van der Waals surface area contributed by atoms with Gasteiger partial charge in [-0.25, -0.2) is 24.1 Å². The van der Waals surface area contributed by atoms with Crippen molar-refractivity contribution in [2.45, 2.75) is 25.7 Å². The van der Waals surface area contributed by atoms with Crippen LogP contribution in [0.3, 0.4) is 0 Å². The van der Waals surface area contributed by atoms with E-state index in [9.17, 15) is 23.1 Å². The molecule has 0 unspecified atom stereocenters. The molecule has 5 aromatic rings. The molecular weight excluding hydrogens is 584 g/mol. The number of fused-ring (bicyclic) bond motifs is 1. The Morgan fingerprint density at radius 2 is 1.75 bits per heavy atom. The second kappa shape index (κ2) is 12.7. The molecule has 0 aliphatic carbocycles. The van der Waals surface area contributed by atoms with E-state index in [2.05, 4.69) is 15.0 Å². The van der Waals surface area contributed by atoms with Crippen molar-refractivity contribution in [2.24, 2.45) is 0 Å². The fourth-order valence-electron chi connectivity index (χ4n) is 4.61. The van der Waals surface area contributed by atoms with Gasteiger partial charge in [-0.2, -0.15) is 13.2 Å². The first kappa shape index (κ1) is 30.4. The van der Waals surface area contributed by atoms with Crippen LogP contribution in [0.2, 0.25) is 0 Å². The average molecular weight is 611 g/mol. The number of pyridine rings is 2.